The number of unbranched alkanes of at least 4 members (excludes halogenated alkanes) is 18. The van der Waals surface area contributed by atoms with E-state index in [1.807, 2.05) is 0 Å². The van der Waals surface area contributed by atoms with E-state index in [1.165, 1.54) is 109 Å². The third-order valence-corrected chi connectivity index (χ3v) is 7.88. The van der Waals surface area contributed by atoms with Crippen LogP contribution < -0.4 is 0 Å². The first-order chi connectivity index (χ1) is 21.7. The van der Waals surface area contributed by atoms with E-state index in [9.17, 15) is 9.90 Å². The van der Waals surface area contributed by atoms with Crippen molar-refractivity contribution in [1.82, 2.24) is 0 Å². The average molecular weight is 617 g/mol. The number of hydrogen-bond acceptors (Lipinski definition) is 4. The van der Waals surface area contributed by atoms with Crippen LogP contribution in [0.25, 0.3) is 0 Å². The van der Waals surface area contributed by atoms with Crippen molar-refractivity contribution < 1.29 is 19.4 Å². The summed E-state index contributed by atoms with van der Waals surface area (Å²) in [6, 6.07) is 0. The lowest BCUT2D eigenvalue weighted by molar-refractivity contribution is -0.154. The molecule has 0 radical (unpaired) electrons. The van der Waals surface area contributed by atoms with Crippen LogP contribution in [0.1, 0.15) is 174 Å². The molecule has 256 valence electrons. The Morgan fingerprint density at radius 3 is 1.48 bits per heavy atom. The van der Waals surface area contributed by atoms with Crippen LogP contribution in [0.5, 0.6) is 0 Å². The van der Waals surface area contributed by atoms with Crippen LogP contribution in [0, 0.1) is 0 Å². The third-order valence-electron chi connectivity index (χ3n) is 7.88. The molecule has 1 atom stereocenters. The first-order valence-corrected chi connectivity index (χ1v) is 18.7. The van der Waals surface area contributed by atoms with Crippen LogP contribution in [0.15, 0.2) is 48.6 Å². The molecule has 0 aliphatic rings. The van der Waals surface area contributed by atoms with Crippen molar-refractivity contribution >= 4 is 5.97 Å². The molecule has 0 saturated heterocycles. The Morgan fingerprint density at radius 1 is 0.545 bits per heavy atom. The SMILES string of the molecule is CCCC/C=C\C/C=C\CCCCCCCC(=O)OC(CO)COCCCCCCCCCC/C=C\C/C=C\CCCCC. The van der Waals surface area contributed by atoms with E-state index in [-0.39, 0.29) is 19.2 Å². The van der Waals surface area contributed by atoms with Gasteiger partial charge in [-0.3, -0.25) is 4.79 Å². The van der Waals surface area contributed by atoms with E-state index >= 15 is 0 Å². The van der Waals surface area contributed by atoms with Crippen molar-refractivity contribution in [2.24, 2.45) is 0 Å². The van der Waals surface area contributed by atoms with Gasteiger partial charge in [0.15, 0.2) is 0 Å². The summed E-state index contributed by atoms with van der Waals surface area (Å²) in [6.07, 6.45) is 47.2. The number of ether oxygens (including phenoxy) is 2. The zero-order valence-electron chi connectivity index (χ0n) is 29.2. The normalized spacial score (nSPS) is 12.9. The highest BCUT2D eigenvalue weighted by atomic mass is 16.6. The van der Waals surface area contributed by atoms with Crippen LogP contribution in [0.3, 0.4) is 0 Å². The van der Waals surface area contributed by atoms with Gasteiger partial charge in [-0.05, 0) is 70.6 Å². The summed E-state index contributed by atoms with van der Waals surface area (Å²) in [6.45, 7) is 5.25. The molecule has 0 bridgehead atoms. The molecular formula is C40H72O4. The van der Waals surface area contributed by atoms with Crippen LogP contribution >= 0.6 is 0 Å². The van der Waals surface area contributed by atoms with Gasteiger partial charge >= 0.3 is 5.97 Å². The van der Waals surface area contributed by atoms with Gasteiger partial charge in [0.25, 0.3) is 0 Å². The molecule has 0 spiro atoms. The van der Waals surface area contributed by atoms with E-state index in [2.05, 4.69) is 62.5 Å². The van der Waals surface area contributed by atoms with E-state index in [0.717, 1.165) is 44.9 Å². The summed E-state index contributed by atoms with van der Waals surface area (Å²) < 4.78 is 11.1. The zero-order chi connectivity index (χ0) is 32.0. The topological polar surface area (TPSA) is 55.8 Å². The van der Waals surface area contributed by atoms with E-state index in [4.69, 9.17) is 9.47 Å². The molecule has 0 fully saturated rings. The lowest BCUT2D eigenvalue weighted by Gasteiger charge is -2.15. The van der Waals surface area contributed by atoms with Crippen LogP contribution in [0.4, 0.5) is 0 Å². The second-order valence-corrected chi connectivity index (χ2v) is 12.3. The van der Waals surface area contributed by atoms with Crippen LogP contribution in [-0.2, 0) is 14.3 Å². The maximum Gasteiger partial charge on any atom is 0.306 e. The molecule has 4 nitrogen and oxygen atoms in total. The second kappa shape index (κ2) is 37.5. The van der Waals surface area contributed by atoms with Gasteiger partial charge in [-0.1, -0.05) is 146 Å². The van der Waals surface area contributed by atoms with Gasteiger partial charge in [-0.2, -0.15) is 0 Å². The molecule has 4 heteroatoms. The fourth-order valence-corrected chi connectivity index (χ4v) is 5.02. The minimum absolute atomic E-state index is 0.181. The average Bonchev–Trinajstić information content (AvgIpc) is 3.03. The van der Waals surface area contributed by atoms with Crippen LogP contribution in [-0.4, -0.2) is 37.0 Å². The van der Waals surface area contributed by atoms with Gasteiger partial charge in [0, 0.05) is 13.0 Å². The predicted molar refractivity (Wildman–Crippen MR) is 191 cm³/mol. The van der Waals surface area contributed by atoms with Gasteiger partial charge in [0.05, 0.1) is 13.2 Å². The minimum atomic E-state index is -0.544. The number of aliphatic hydroxyl groups is 1. The van der Waals surface area contributed by atoms with Crippen molar-refractivity contribution in [2.75, 3.05) is 19.8 Å². The first kappa shape index (κ1) is 42.3. The Kier molecular flexibility index (Phi) is 36.1. The molecule has 0 amide bonds. The molecule has 0 rings (SSSR count). The fraction of sp³-hybridized carbons (Fsp3) is 0.775. The molecule has 0 aromatic heterocycles. The molecule has 0 aromatic carbocycles. The molecule has 1 unspecified atom stereocenters. The van der Waals surface area contributed by atoms with Crippen molar-refractivity contribution in [2.45, 2.75) is 180 Å². The number of esters is 1. The summed E-state index contributed by atoms with van der Waals surface area (Å²) in [4.78, 5) is 12.1. The van der Waals surface area contributed by atoms with Gasteiger partial charge in [0.2, 0.25) is 0 Å². The summed E-state index contributed by atoms with van der Waals surface area (Å²) in [5.41, 5.74) is 0. The predicted octanol–water partition coefficient (Wildman–Crippen LogP) is 11.9. The maximum absolute atomic E-state index is 12.1. The van der Waals surface area contributed by atoms with Gasteiger partial charge in [0.1, 0.15) is 6.10 Å². The summed E-state index contributed by atoms with van der Waals surface area (Å²) in [7, 11) is 0. The maximum atomic E-state index is 12.1. The molecule has 44 heavy (non-hydrogen) atoms. The summed E-state index contributed by atoms with van der Waals surface area (Å²) in [5.74, 6) is -0.219. The standard InChI is InChI=1S/C40H72O4/c1-3-5-7-9-11-13-15-17-19-20-21-22-24-26-28-30-32-34-36-43-38-39(37-41)44-40(42)35-33-31-29-27-25-23-18-16-14-12-10-8-6-4-2/h10-13,16-19,39,41H,3-9,14-15,20-38H2,1-2H3/b12-10-,13-11-,18-16-,19-17-. The van der Waals surface area contributed by atoms with Crippen molar-refractivity contribution in [3.05, 3.63) is 48.6 Å². The highest BCUT2D eigenvalue weighted by Crippen LogP contribution is 2.12. The lowest BCUT2D eigenvalue weighted by atomic mass is 10.1. The molecule has 1 N–H and O–H groups in total. The molecule has 0 aromatic rings. The Morgan fingerprint density at radius 2 is 0.977 bits per heavy atom. The molecule has 0 saturated carbocycles. The van der Waals surface area contributed by atoms with E-state index < -0.39 is 6.10 Å². The Labute approximate surface area is 273 Å². The number of carbonyl (C=O) groups is 1. The number of hydrogen-bond donors (Lipinski definition) is 1. The zero-order valence-corrected chi connectivity index (χ0v) is 29.2. The highest BCUT2D eigenvalue weighted by Gasteiger charge is 2.13. The first-order valence-electron chi connectivity index (χ1n) is 18.7. The molecule has 0 aliphatic carbocycles. The van der Waals surface area contributed by atoms with Crippen molar-refractivity contribution in [3.8, 4) is 0 Å². The van der Waals surface area contributed by atoms with E-state index in [0.29, 0.717) is 13.0 Å². The number of carbonyl (C=O) groups excluding carboxylic acids is 1. The van der Waals surface area contributed by atoms with Gasteiger partial charge in [-0.25, -0.2) is 0 Å². The molecule has 0 heterocycles. The number of rotatable bonds is 34. The Hall–Kier alpha value is -1.65. The molecule has 0 aliphatic heterocycles. The second-order valence-electron chi connectivity index (χ2n) is 12.3. The summed E-state index contributed by atoms with van der Waals surface area (Å²) in [5, 5.41) is 9.56. The van der Waals surface area contributed by atoms with Crippen molar-refractivity contribution in [3.63, 3.8) is 0 Å². The van der Waals surface area contributed by atoms with E-state index in [1.54, 1.807) is 0 Å². The smallest absolute Gasteiger partial charge is 0.306 e. The number of aliphatic hydroxyl groups excluding tert-OH is 1. The fourth-order valence-electron chi connectivity index (χ4n) is 5.02. The minimum Gasteiger partial charge on any atom is -0.457 e. The monoisotopic (exact) mass is 617 g/mol. The Balaban J connectivity index is 3.48. The van der Waals surface area contributed by atoms with Gasteiger partial charge < -0.3 is 14.6 Å². The third kappa shape index (κ3) is 34.8. The van der Waals surface area contributed by atoms with Crippen LogP contribution in [0.2, 0.25) is 0 Å². The highest BCUT2D eigenvalue weighted by molar-refractivity contribution is 5.69. The lowest BCUT2D eigenvalue weighted by Crippen LogP contribution is -2.27. The van der Waals surface area contributed by atoms with Crippen molar-refractivity contribution in [1.29, 1.82) is 0 Å². The van der Waals surface area contributed by atoms with Gasteiger partial charge in [-0.15, -0.1) is 0 Å². The quantitative estimate of drug-likeness (QED) is 0.0444. The largest absolute Gasteiger partial charge is 0.457 e. The summed E-state index contributed by atoms with van der Waals surface area (Å²) >= 11 is 0. The Bertz CT molecular complexity index is 693. The molecular weight excluding hydrogens is 544 g/mol. The number of allylic oxidation sites excluding steroid dienone is 8.